The largest absolute Gasteiger partial charge is 0.497 e. The number of benzene rings is 2. The molecule has 1 N–H and O–H groups in total. The number of aliphatic carboxylic acids is 1. The Labute approximate surface area is 116 Å². The summed E-state index contributed by atoms with van der Waals surface area (Å²) in [7, 11) is 1.59. The summed E-state index contributed by atoms with van der Waals surface area (Å²) in [4.78, 5) is 12.3. The third kappa shape index (κ3) is 3.51. The maximum atomic E-state index is 11.4. The molecule has 0 aromatic heterocycles. The quantitative estimate of drug-likeness (QED) is 0.846. The van der Waals surface area contributed by atoms with Crippen LogP contribution in [0.2, 0.25) is 0 Å². The molecule has 4 heteroatoms. The Morgan fingerprint density at radius 3 is 2.26 bits per heavy atom. The van der Waals surface area contributed by atoms with Crippen molar-refractivity contribution in [2.75, 3.05) is 7.11 Å². The summed E-state index contributed by atoms with van der Waals surface area (Å²) in [6, 6.07) is 16.6. The van der Waals surface area contributed by atoms with Gasteiger partial charge in [-0.3, -0.25) is 4.79 Å². The lowest BCUT2D eigenvalue weighted by atomic mass is 10.1. The molecule has 0 fully saturated rings. The van der Waals surface area contributed by atoms with Crippen molar-refractivity contribution in [2.45, 2.75) is 10.1 Å². The highest BCUT2D eigenvalue weighted by Gasteiger charge is 2.21. The van der Waals surface area contributed by atoms with Crippen molar-refractivity contribution < 1.29 is 14.6 Å². The van der Waals surface area contributed by atoms with Crippen LogP contribution >= 0.6 is 11.8 Å². The molecule has 1 atom stereocenters. The highest BCUT2D eigenvalue weighted by Crippen LogP contribution is 2.35. The number of carboxylic acids is 1. The Kier molecular flexibility index (Phi) is 4.47. The normalized spacial score (nSPS) is 11.8. The maximum absolute atomic E-state index is 11.4. The van der Waals surface area contributed by atoms with Gasteiger partial charge in [0.05, 0.1) is 7.11 Å². The predicted octanol–water partition coefficient (Wildman–Crippen LogP) is 3.61. The first-order valence-electron chi connectivity index (χ1n) is 5.79. The van der Waals surface area contributed by atoms with E-state index >= 15 is 0 Å². The van der Waals surface area contributed by atoms with Crippen LogP contribution in [0.15, 0.2) is 59.5 Å². The van der Waals surface area contributed by atoms with E-state index in [-0.39, 0.29) is 0 Å². The second-order valence-electron chi connectivity index (χ2n) is 3.92. The molecule has 2 aromatic carbocycles. The van der Waals surface area contributed by atoms with Crippen LogP contribution in [-0.2, 0) is 4.79 Å². The van der Waals surface area contributed by atoms with Crippen molar-refractivity contribution in [2.24, 2.45) is 0 Å². The topological polar surface area (TPSA) is 46.5 Å². The highest BCUT2D eigenvalue weighted by atomic mass is 32.2. The molecule has 2 rings (SSSR count). The van der Waals surface area contributed by atoms with E-state index in [0.717, 1.165) is 16.2 Å². The molecule has 0 heterocycles. The molecule has 0 saturated heterocycles. The Morgan fingerprint density at radius 1 is 1.11 bits per heavy atom. The van der Waals surface area contributed by atoms with Crippen LogP contribution in [0.5, 0.6) is 5.75 Å². The number of methoxy groups -OCH3 is 1. The van der Waals surface area contributed by atoms with Crippen LogP contribution < -0.4 is 4.74 Å². The van der Waals surface area contributed by atoms with Crippen LogP contribution in [0.1, 0.15) is 10.8 Å². The first-order chi connectivity index (χ1) is 9.20. The SMILES string of the molecule is COc1ccc(C(Sc2ccccc2)C(=O)O)cc1. The summed E-state index contributed by atoms with van der Waals surface area (Å²) in [6.45, 7) is 0. The number of rotatable bonds is 5. The van der Waals surface area contributed by atoms with Crippen LogP contribution in [0.4, 0.5) is 0 Å². The summed E-state index contributed by atoms with van der Waals surface area (Å²) in [6.07, 6.45) is 0. The summed E-state index contributed by atoms with van der Waals surface area (Å²) in [5, 5.41) is 8.75. The van der Waals surface area contributed by atoms with Gasteiger partial charge < -0.3 is 9.84 Å². The van der Waals surface area contributed by atoms with E-state index in [4.69, 9.17) is 4.74 Å². The lowest BCUT2D eigenvalue weighted by Gasteiger charge is -2.13. The van der Waals surface area contributed by atoms with Crippen molar-refractivity contribution in [1.82, 2.24) is 0 Å². The first-order valence-corrected chi connectivity index (χ1v) is 6.67. The number of carboxylic acid groups (broad SMARTS) is 1. The van der Waals surface area contributed by atoms with Crippen molar-refractivity contribution in [3.63, 3.8) is 0 Å². The van der Waals surface area contributed by atoms with E-state index in [1.807, 2.05) is 30.3 Å². The number of ether oxygens (including phenoxy) is 1. The van der Waals surface area contributed by atoms with Gasteiger partial charge in [-0.1, -0.05) is 30.3 Å². The van der Waals surface area contributed by atoms with Crippen LogP contribution in [0.3, 0.4) is 0 Å². The third-order valence-electron chi connectivity index (χ3n) is 2.64. The fourth-order valence-electron chi connectivity index (χ4n) is 1.67. The minimum absolute atomic E-state index is 0.617. The lowest BCUT2D eigenvalue weighted by molar-refractivity contribution is -0.136. The van der Waals surface area contributed by atoms with Gasteiger partial charge in [-0.15, -0.1) is 11.8 Å². The summed E-state index contributed by atoms with van der Waals surface area (Å²) < 4.78 is 5.07. The molecule has 3 nitrogen and oxygen atoms in total. The van der Waals surface area contributed by atoms with Crippen LogP contribution in [0, 0.1) is 0 Å². The summed E-state index contributed by atoms with van der Waals surface area (Å²) in [5.74, 6) is -0.128. The van der Waals surface area contributed by atoms with Gasteiger partial charge in [0, 0.05) is 4.90 Å². The molecule has 0 aliphatic carbocycles. The Balaban J connectivity index is 2.22. The van der Waals surface area contributed by atoms with Gasteiger partial charge in [0.25, 0.3) is 0 Å². The molecule has 0 aliphatic heterocycles. The average Bonchev–Trinajstić information content (AvgIpc) is 2.46. The molecule has 0 spiro atoms. The molecule has 19 heavy (non-hydrogen) atoms. The zero-order valence-electron chi connectivity index (χ0n) is 10.4. The highest BCUT2D eigenvalue weighted by molar-refractivity contribution is 8.00. The van der Waals surface area contributed by atoms with E-state index in [1.165, 1.54) is 11.8 Å². The Hall–Kier alpha value is -1.94. The number of carbonyl (C=O) groups is 1. The van der Waals surface area contributed by atoms with Crippen LogP contribution in [-0.4, -0.2) is 18.2 Å². The molecule has 0 aliphatic rings. The second-order valence-corrected chi connectivity index (χ2v) is 5.10. The van der Waals surface area contributed by atoms with Gasteiger partial charge >= 0.3 is 5.97 Å². The second kappa shape index (κ2) is 6.29. The van der Waals surface area contributed by atoms with Gasteiger partial charge in [-0.2, -0.15) is 0 Å². The number of thioether (sulfide) groups is 1. The summed E-state index contributed by atoms with van der Waals surface area (Å²) >= 11 is 1.32. The van der Waals surface area contributed by atoms with Gasteiger partial charge in [0.15, 0.2) is 0 Å². The third-order valence-corrected chi connectivity index (χ3v) is 3.89. The van der Waals surface area contributed by atoms with Crippen molar-refractivity contribution in [3.05, 3.63) is 60.2 Å². The van der Waals surface area contributed by atoms with Gasteiger partial charge in [0.1, 0.15) is 11.0 Å². The molecule has 0 amide bonds. The lowest BCUT2D eigenvalue weighted by Crippen LogP contribution is -2.07. The van der Waals surface area contributed by atoms with E-state index in [2.05, 4.69) is 0 Å². The van der Waals surface area contributed by atoms with Gasteiger partial charge in [0.2, 0.25) is 0 Å². The zero-order valence-corrected chi connectivity index (χ0v) is 11.3. The number of hydrogen-bond donors (Lipinski definition) is 1. The van der Waals surface area contributed by atoms with E-state index in [1.54, 1.807) is 31.4 Å². The molecule has 2 aromatic rings. The van der Waals surface area contributed by atoms with E-state index in [9.17, 15) is 9.90 Å². The van der Waals surface area contributed by atoms with Crippen molar-refractivity contribution >= 4 is 17.7 Å². The maximum Gasteiger partial charge on any atom is 0.321 e. The Morgan fingerprint density at radius 2 is 1.74 bits per heavy atom. The minimum atomic E-state index is -0.848. The van der Waals surface area contributed by atoms with Crippen LogP contribution in [0.25, 0.3) is 0 Å². The monoisotopic (exact) mass is 274 g/mol. The number of hydrogen-bond acceptors (Lipinski definition) is 3. The molecule has 0 saturated carbocycles. The predicted molar refractivity (Wildman–Crippen MR) is 75.7 cm³/mol. The van der Waals surface area contributed by atoms with E-state index in [0.29, 0.717) is 0 Å². The van der Waals surface area contributed by atoms with E-state index < -0.39 is 11.2 Å². The first kappa shape index (κ1) is 13.5. The minimum Gasteiger partial charge on any atom is -0.497 e. The molecular formula is C15H14O3S. The molecule has 1 unspecified atom stereocenters. The van der Waals surface area contributed by atoms with Gasteiger partial charge in [-0.25, -0.2) is 0 Å². The fraction of sp³-hybridized carbons (Fsp3) is 0.133. The standard InChI is InChI=1S/C15H14O3S/c1-18-12-9-7-11(8-10-12)14(15(16)17)19-13-5-3-2-4-6-13/h2-10,14H,1H3,(H,16,17). The van der Waals surface area contributed by atoms with Crippen molar-refractivity contribution in [3.8, 4) is 5.75 Å². The fourth-order valence-corrected chi connectivity index (χ4v) is 2.66. The molecule has 0 radical (unpaired) electrons. The average molecular weight is 274 g/mol. The zero-order chi connectivity index (χ0) is 13.7. The Bertz CT molecular complexity index is 537. The molecular weight excluding hydrogens is 260 g/mol. The molecule has 98 valence electrons. The molecule has 0 bridgehead atoms. The van der Waals surface area contributed by atoms with Crippen molar-refractivity contribution in [1.29, 1.82) is 0 Å². The smallest absolute Gasteiger partial charge is 0.321 e. The summed E-state index contributed by atoms with van der Waals surface area (Å²) in [5.41, 5.74) is 0.752. The van der Waals surface area contributed by atoms with Gasteiger partial charge in [-0.05, 0) is 29.8 Å².